The third kappa shape index (κ3) is 3.69. The van der Waals surface area contributed by atoms with Crippen molar-refractivity contribution in [2.45, 2.75) is 5.92 Å². The molecule has 0 bridgehead atoms. The molecule has 0 atom stereocenters. The number of nitrogens with one attached hydrogen (secondary N) is 1. The monoisotopic (exact) mass is 434 g/mol. The number of hydrogen-bond donors (Lipinski definition) is 2. The number of ether oxygens (including phenoxy) is 1. The van der Waals surface area contributed by atoms with E-state index in [-0.39, 0.29) is 5.56 Å². The van der Waals surface area contributed by atoms with E-state index in [1.165, 1.54) is 0 Å². The maximum atomic E-state index is 13.0. The first-order chi connectivity index (χ1) is 15.4. The molecule has 3 aromatic carbocycles. The highest BCUT2D eigenvalue weighted by Crippen LogP contribution is 2.43. The van der Waals surface area contributed by atoms with Crippen LogP contribution in [0.3, 0.4) is 0 Å². The van der Waals surface area contributed by atoms with Gasteiger partial charge in [0.2, 0.25) is 5.75 Å². The Bertz CT molecular complexity index is 1240. The van der Waals surface area contributed by atoms with E-state index in [2.05, 4.69) is 10.5 Å². The average molecular weight is 434 g/mol. The summed E-state index contributed by atoms with van der Waals surface area (Å²) in [6.07, 6.45) is 0.907. The van der Waals surface area contributed by atoms with Gasteiger partial charge in [-0.25, -0.2) is 5.43 Å². The predicted molar refractivity (Wildman–Crippen MR) is 112 cm³/mol. The van der Waals surface area contributed by atoms with Gasteiger partial charge < -0.3 is 9.84 Å². The second kappa shape index (κ2) is 8.14. The van der Waals surface area contributed by atoms with Gasteiger partial charge in [-0.3, -0.25) is 25.0 Å². The van der Waals surface area contributed by atoms with Gasteiger partial charge in [0, 0.05) is 17.2 Å². The molecule has 0 fully saturated rings. The normalized spacial score (nSPS) is 12.5. The average Bonchev–Trinajstić information content (AvgIpc) is 2.77. The van der Waals surface area contributed by atoms with Crippen molar-refractivity contribution in [1.29, 1.82) is 0 Å². The quantitative estimate of drug-likeness (QED) is 0.353. The van der Waals surface area contributed by atoms with Gasteiger partial charge in [-0.2, -0.15) is 5.10 Å². The lowest BCUT2D eigenvalue weighted by Gasteiger charge is -2.26. The molecule has 0 radical (unpaired) electrons. The number of phenols is 1. The number of benzene rings is 3. The first-order valence-corrected chi connectivity index (χ1v) is 9.21. The van der Waals surface area contributed by atoms with Gasteiger partial charge in [-0.05, 0) is 12.1 Å². The molecule has 3 aromatic rings. The molecule has 160 valence electrons. The molecular weight excluding hydrogens is 420 g/mol. The molecule has 0 spiro atoms. The van der Waals surface area contributed by atoms with Crippen molar-refractivity contribution >= 4 is 23.5 Å². The molecule has 0 aliphatic carbocycles. The molecule has 11 heteroatoms. The van der Waals surface area contributed by atoms with Crippen molar-refractivity contribution in [3.05, 3.63) is 97.6 Å². The van der Waals surface area contributed by atoms with Crippen LogP contribution in [-0.4, -0.2) is 27.1 Å². The van der Waals surface area contributed by atoms with Crippen molar-refractivity contribution in [2.24, 2.45) is 5.10 Å². The molecular formula is C21H14N4O7. The highest BCUT2D eigenvalue weighted by atomic mass is 16.6. The van der Waals surface area contributed by atoms with E-state index < -0.39 is 38.8 Å². The Labute approximate surface area is 179 Å². The number of amides is 1. The number of carbonyl (C=O) groups excluding carboxylic acids is 1. The molecule has 0 saturated carbocycles. The van der Waals surface area contributed by atoms with Crippen molar-refractivity contribution < 1.29 is 24.5 Å². The molecule has 1 aliphatic rings. The molecule has 0 aromatic heterocycles. The van der Waals surface area contributed by atoms with Gasteiger partial charge in [-0.1, -0.05) is 36.4 Å². The Morgan fingerprint density at radius 1 is 1.00 bits per heavy atom. The fourth-order valence-electron chi connectivity index (χ4n) is 3.39. The van der Waals surface area contributed by atoms with Gasteiger partial charge in [0.1, 0.15) is 11.5 Å². The lowest BCUT2D eigenvalue weighted by Crippen LogP contribution is -2.28. The van der Waals surface area contributed by atoms with Crippen LogP contribution in [0.25, 0.3) is 0 Å². The summed E-state index contributed by atoms with van der Waals surface area (Å²) in [6, 6.07) is 15.6. The van der Waals surface area contributed by atoms with E-state index in [0.29, 0.717) is 28.7 Å². The molecule has 0 unspecified atom stereocenters. The van der Waals surface area contributed by atoms with Crippen LogP contribution in [0.15, 0.2) is 65.8 Å². The summed E-state index contributed by atoms with van der Waals surface area (Å²) in [6.45, 7) is 0. The number of non-ortho nitro benzene ring substituents is 1. The molecule has 1 amide bonds. The number of hydrogen-bond acceptors (Lipinski definition) is 8. The topological polar surface area (TPSA) is 157 Å². The van der Waals surface area contributed by atoms with Gasteiger partial charge in [0.15, 0.2) is 0 Å². The number of carbonyl (C=O) groups is 1. The third-order valence-electron chi connectivity index (χ3n) is 4.83. The summed E-state index contributed by atoms with van der Waals surface area (Å²) in [5.41, 5.74) is 1.83. The molecule has 1 heterocycles. The summed E-state index contributed by atoms with van der Waals surface area (Å²) >= 11 is 0. The zero-order chi connectivity index (χ0) is 22.8. The van der Waals surface area contributed by atoms with Crippen LogP contribution in [0.4, 0.5) is 11.4 Å². The first kappa shape index (κ1) is 20.5. The van der Waals surface area contributed by atoms with E-state index in [0.717, 1.165) is 12.3 Å². The van der Waals surface area contributed by atoms with Crippen molar-refractivity contribution in [3.63, 3.8) is 0 Å². The molecule has 11 nitrogen and oxygen atoms in total. The number of nitro groups is 2. The smallest absolute Gasteiger partial charge is 0.318 e. The summed E-state index contributed by atoms with van der Waals surface area (Å²) in [5.74, 6) is -1.05. The number of phenolic OH excluding ortho intramolecular Hbond substituents is 1. The highest BCUT2D eigenvalue weighted by Gasteiger charge is 2.32. The number of rotatable bonds is 5. The summed E-state index contributed by atoms with van der Waals surface area (Å²) in [7, 11) is 0. The van der Waals surface area contributed by atoms with Gasteiger partial charge in [-0.15, -0.1) is 0 Å². The Hall–Kier alpha value is -4.80. The van der Waals surface area contributed by atoms with Crippen LogP contribution in [0, 0.1) is 20.2 Å². The molecule has 2 N–H and O–H groups in total. The van der Waals surface area contributed by atoms with Crippen molar-refractivity contribution in [3.8, 4) is 17.2 Å². The van der Waals surface area contributed by atoms with Crippen LogP contribution in [-0.2, 0) is 4.79 Å². The maximum Gasteiger partial charge on any atom is 0.318 e. The summed E-state index contributed by atoms with van der Waals surface area (Å²) in [5, 5.41) is 35.9. The fourth-order valence-corrected chi connectivity index (χ4v) is 3.39. The van der Waals surface area contributed by atoms with E-state index in [9.17, 15) is 30.1 Å². The Kier molecular flexibility index (Phi) is 5.21. The number of para-hydroxylation sites is 2. The number of aromatic hydroxyl groups is 1. The number of nitro benzene ring substituents is 2. The van der Waals surface area contributed by atoms with E-state index >= 15 is 0 Å². The number of hydrazone groups is 1. The zero-order valence-corrected chi connectivity index (χ0v) is 16.2. The van der Waals surface area contributed by atoms with Crippen molar-refractivity contribution in [1.82, 2.24) is 5.43 Å². The Morgan fingerprint density at radius 2 is 1.59 bits per heavy atom. The Balaban J connectivity index is 1.64. The van der Waals surface area contributed by atoms with Crippen LogP contribution in [0.1, 0.15) is 22.6 Å². The lowest BCUT2D eigenvalue weighted by molar-refractivity contribution is -0.394. The third-order valence-corrected chi connectivity index (χ3v) is 4.83. The zero-order valence-electron chi connectivity index (χ0n) is 16.2. The van der Waals surface area contributed by atoms with Crippen LogP contribution in [0.5, 0.6) is 17.2 Å². The van der Waals surface area contributed by atoms with E-state index in [4.69, 9.17) is 4.74 Å². The second-order valence-corrected chi connectivity index (χ2v) is 6.76. The first-order valence-electron chi connectivity index (χ1n) is 9.21. The van der Waals surface area contributed by atoms with Crippen molar-refractivity contribution in [2.75, 3.05) is 0 Å². The van der Waals surface area contributed by atoms with Crippen LogP contribution < -0.4 is 10.2 Å². The second-order valence-electron chi connectivity index (χ2n) is 6.76. The van der Waals surface area contributed by atoms with E-state index in [1.54, 1.807) is 48.5 Å². The largest absolute Gasteiger partial charge is 0.502 e. The van der Waals surface area contributed by atoms with Gasteiger partial charge >= 0.3 is 5.69 Å². The molecule has 4 rings (SSSR count). The van der Waals surface area contributed by atoms with E-state index in [1.807, 2.05) is 0 Å². The fraction of sp³-hybridized carbons (Fsp3) is 0.0476. The number of fused-ring (bicyclic) bond motifs is 2. The molecule has 1 aliphatic heterocycles. The van der Waals surface area contributed by atoms with Crippen LogP contribution >= 0.6 is 0 Å². The predicted octanol–water partition coefficient (Wildman–Crippen LogP) is 3.60. The van der Waals surface area contributed by atoms with Crippen LogP contribution in [0.2, 0.25) is 0 Å². The minimum Gasteiger partial charge on any atom is -0.502 e. The summed E-state index contributed by atoms with van der Waals surface area (Å²) < 4.78 is 5.84. The lowest BCUT2D eigenvalue weighted by atomic mass is 9.87. The highest BCUT2D eigenvalue weighted by molar-refractivity contribution is 5.92. The number of nitrogens with zero attached hydrogens (tertiary/aromatic N) is 3. The minimum atomic E-state index is -0.950. The molecule has 0 saturated heterocycles. The standard InChI is InChI=1S/C21H14N4O7/c26-20-12(9-13(24(28)29)10-16(20)25(30)31)11-22-23-21(27)19-14-5-1-3-7-17(14)32-18-8-4-2-6-15(18)19/h1-11,19,26H,(H,23,27). The minimum absolute atomic E-state index is 0.293. The van der Waals surface area contributed by atoms with Gasteiger partial charge in [0.25, 0.3) is 11.6 Å². The SMILES string of the molecule is O=C(NN=Cc1cc([N+](=O)[O-])cc([N+](=O)[O-])c1O)C1c2ccccc2Oc2ccccc21. The van der Waals surface area contributed by atoms with Gasteiger partial charge in [0.05, 0.1) is 33.6 Å². The molecule has 32 heavy (non-hydrogen) atoms. The maximum absolute atomic E-state index is 13.0. The summed E-state index contributed by atoms with van der Waals surface area (Å²) in [4.78, 5) is 33.3. The Morgan fingerprint density at radius 3 is 2.16 bits per heavy atom.